The van der Waals surface area contributed by atoms with Crippen LogP contribution >= 0.6 is 0 Å². The number of ether oxygens (including phenoxy) is 1. The molecule has 2 heterocycles. The zero-order chi connectivity index (χ0) is 13.1. The van der Waals surface area contributed by atoms with E-state index in [1.165, 1.54) is 0 Å². The fraction of sp³-hybridized carbons (Fsp3) is 0.538. The van der Waals surface area contributed by atoms with E-state index in [2.05, 4.69) is 16.8 Å². The first kappa shape index (κ1) is 12.8. The molecule has 1 N–H and O–H groups in total. The maximum atomic E-state index is 11.1. The van der Waals surface area contributed by atoms with Crippen LogP contribution < -0.4 is 4.90 Å². The van der Waals surface area contributed by atoms with Gasteiger partial charge >= 0.3 is 5.97 Å². The second-order valence-corrected chi connectivity index (χ2v) is 4.49. The summed E-state index contributed by atoms with van der Waals surface area (Å²) >= 11 is 0. The summed E-state index contributed by atoms with van der Waals surface area (Å²) in [6, 6.07) is 3.51. The number of aromatic carboxylic acids is 1. The average Bonchev–Trinajstić information content (AvgIpc) is 2.38. The fourth-order valence-corrected chi connectivity index (χ4v) is 2.22. The zero-order valence-electron chi connectivity index (χ0n) is 10.7. The molecule has 1 aromatic heterocycles. The highest BCUT2D eigenvalue weighted by Crippen LogP contribution is 2.21. The molecule has 0 radical (unpaired) electrons. The van der Waals surface area contributed by atoms with Gasteiger partial charge in [-0.1, -0.05) is 6.92 Å². The molecule has 5 heteroatoms. The highest BCUT2D eigenvalue weighted by molar-refractivity contribution is 5.88. The number of hydrogen-bond donors (Lipinski definition) is 1. The Morgan fingerprint density at radius 1 is 1.61 bits per heavy atom. The number of anilines is 1. The van der Waals surface area contributed by atoms with Crippen LogP contribution in [-0.2, 0) is 4.74 Å². The first-order valence-electron chi connectivity index (χ1n) is 6.18. The Morgan fingerprint density at radius 3 is 3.06 bits per heavy atom. The molecule has 1 aliphatic rings. The minimum Gasteiger partial charge on any atom is -0.478 e. The molecule has 1 atom stereocenters. The van der Waals surface area contributed by atoms with E-state index in [1.807, 2.05) is 6.92 Å². The second kappa shape index (κ2) is 5.35. The van der Waals surface area contributed by atoms with Crippen molar-refractivity contribution in [3.8, 4) is 0 Å². The number of rotatable bonds is 3. The van der Waals surface area contributed by atoms with Crippen molar-refractivity contribution in [1.82, 2.24) is 4.98 Å². The van der Waals surface area contributed by atoms with Crippen molar-refractivity contribution < 1.29 is 14.6 Å². The summed E-state index contributed by atoms with van der Waals surface area (Å²) in [6.07, 6.45) is 0.956. The monoisotopic (exact) mass is 250 g/mol. The number of hydrogen-bond acceptors (Lipinski definition) is 4. The predicted molar refractivity (Wildman–Crippen MR) is 68.2 cm³/mol. The number of pyridine rings is 1. The highest BCUT2D eigenvalue weighted by Gasteiger charge is 2.23. The highest BCUT2D eigenvalue weighted by atomic mass is 16.5. The van der Waals surface area contributed by atoms with E-state index in [0.29, 0.717) is 18.8 Å². The maximum Gasteiger partial charge on any atom is 0.335 e. The first-order chi connectivity index (χ1) is 8.61. The van der Waals surface area contributed by atoms with Crippen LogP contribution in [0.25, 0.3) is 0 Å². The Labute approximate surface area is 106 Å². The van der Waals surface area contributed by atoms with Crippen LogP contribution in [0.1, 0.15) is 29.4 Å². The van der Waals surface area contributed by atoms with Gasteiger partial charge in [0.25, 0.3) is 0 Å². The van der Waals surface area contributed by atoms with Crippen LogP contribution in [0.15, 0.2) is 12.1 Å². The number of aromatic nitrogens is 1. The molecule has 0 aliphatic carbocycles. The fourth-order valence-electron chi connectivity index (χ4n) is 2.22. The van der Waals surface area contributed by atoms with E-state index < -0.39 is 5.97 Å². The van der Waals surface area contributed by atoms with Crippen molar-refractivity contribution in [3.63, 3.8) is 0 Å². The molecule has 0 aromatic carbocycles. The third-order valence-electron chi connectivity index (χ3n) is 3.18. The first-order valence-corrected chi connectivity index (χ1v) is 6.18. The van der Waals surface area contributed by atoms with E-state index in [4.69, 9.17) is 9.84 Å². The number of carboxylic acid groups (broad SMARTS) is 1. The molecule has 0 amide bonds. The third kappa shape index (κ3) is 2.61. The van der Waals surface area contributed by atoms with Crippen molar-refractivity contribution >= 4 is 11.8 Å². The standard InChI is InChI=1S/C13H18N2O3/c1-3-11-8-18-5-4-15(11)12-7-10(13(16)17)6-9(2)14-12/h6-7,11H,3-5,8H2,1-2H3,(H,16,17). The summed E-state index contributed by atoms with van der Waals surface area (Å²) in [6.45, 7) is 6.01. The van der Waals surface area contributed by atoms with Crippen LogP contribution in [0.5, 0.6) is 0 Å². The van der Waals surface area contributed by atoms with Crippen LogP contribution in [-0.4, -0.2) is 41.9 Å². The van der Waals surface area contributed by atoms with Crippen molar-refractivity contribution in [2.45, 2.75) is 26.3 Å². The molecule has 1 aliphatic heterocycles. The third-order valence-corrected chi connectivity index (χ3v) is 3.18. The molecule has 0 bridgehead atoms. The molecule has 18 heavy (non-hydrogen) atoms. The summed E-state index contributed by atoms with van der Waals surface area (Å²) in [5.41, 5.74) is 1.02. The van der Waals surface area contributed by atoms with Gasteiger partial charge in [0, 0.05) is 12.2 Å². The van der Waals surface area contributed by atoms with E-state index in [1.54, 1.807) is 12.1 Å². The molecular formula is C13H18N2O3. The molecule has 1 fully saturated rings. The topological polar surface area (TPSA) is 62.7 Å². The van der Waals surface area contributed by atoms with E-state index in [0.717, 1.165) is 24.5 Å². The molecular weight excluding hydrogens is 232 g/mol. The smallest absolute Gasteiger partial charge is 0.335 e. The van der Waals surface area contributed by atoms with Crippen LogP contribution in [0.3, 0.4) is 0 Å². The Balaban J connectivity index is 2.33. The van der Waals surface area contributed by atoms with Gasteiger partial charge in [-0.15, -0.1) is 0 Å². The van der Waals surface area contributed by atoms with Gasteiger partial charge in [-0.3, -0.25) is 0 Å². The maximum absolute atomic E-state index is 11.1. The lowest BCUT2D eigenvalue weighted by Gasteiger charge is -2.36. The SMILES string of the molecule is CCC1COCCN1c1cc(C(=O)O)cc(C)n1. The van der Waals surface area contributed by atoms with E-state index >= 15 is 0 Å². The van der Waals surface area contributed by atoms with Gasteiger partial charge in [0.2, 0.25) is 0 Å². The lowest BCUT2D eigenvalue weighted by Crippen LogP contribution is -2.45. The van der Waals surface area contributed by atoms with E-state index in [-0.39, 0.29) is 6.04 Å². The Hall–Kier alpha value is -1.62. The van der Waals surface area contributed by atoms with Crippen molar-refractivity contribution in [2.75, 3.05) is 24.7 Å². The number of carboxylic acids is 1. The van der Waals surface area contributed by atoms with Gasteiger partial charge in [-0.25, -0.2) is 9.78 Å². The van der Waals surface area contributed by atoms with Gasteiger partial charge in [-0.05, 0) is 25.5 Å². The molecule has 5 nitrogen and oxygen atoms in total. The summed E-state index contributed by atoms with van der Waals surface area (Å²) in [5, 5.41) is 9.08. The Bertz CT molecular complexity index is 448. The lowest BCUT2D eigenvalue weighted by molar-refractivity contribution is 0.0696. The van der Waals surface area contributed by atoms with Crippen molar-refractivity contribution in [3.05, 3.63) is 23.4 Å². The second-order valence-electron chi connectivity index (χ2n) is 4.49. The zero-order valence-corrected chi connectivity index (χ0v) is 10.7. The summed E-state index contributed by atoms with van der Waals surface area (Å²) < 4.78 is 5.45. The number of aryl methyl sites for hydroxylation is 1. The number of morpholine rings is 1. The molecule has 98 valence electrons. The molecule has 1 saturated heterocycles. The van der Waals surface area contributed by atoms with Crippen LogP contribution in [0, 0.1) is 6.92 Å². The average molecular weight is 250 g/mol. The number of carbonyl (C=O) groups is 1. The minimum absolute atomic E-state index is 0.273. The molecule has 0 spiro atoms. The summed E-state index contributed by atoms with van der Waals surface area (Å²) in [7, 11) is 0. The van der Waals surface area contributed by atoms with Gasteiger partial charge < -0.3 is 14.7 Å². The van der Waals surface area contributed by atoms with E-state index in [9.17, 15) is 4.79 Å². The molecule has 0 saturated carbocycles. The number of nitrogens with zero attached hydrogens (tertiary/aromatic N) is 2. The predicted octanol–water partition coefficient (Wildman–Crippen LogP) is 1.70. The van der Waals surface area contributed by atoms with Crippen LogP contribution in [0.2, 0.25) is 0 Å². The van der Waals surface area contributed by atoms with Gasteiger partial charge in [0.15, 0.2) is 0 Å². The molecule has 1 aromatic rings. The van der Waals surface area contributed by atoms with Crippen LogP contribution in [0.4, 0.5) is 5.82 Å². The summed E-state index contributed by atoms with van der Waals surface area (Å²) in [5.74, 6) is -0.175. The Kier molecular flexibility index (Phi) is 3.81. The lowest BCUT2D eigenvalue weighted by atomic mass is 10.1. The van der Waals surface area contributed by atoms with Gasteiger partial charge in [0.1, 0.15) is 5.82 Å². The quantitative estimate of drug-likeness (QED) is 0.884. The molecule has 2 rings (SSSR count). The van der Waals surface area contributed by atoms with Gasteiger partial charge in [-0.2, -0.15) is 0 Å². The molecule has 1 unspecified atom stereocenters. The van der Waals surface area contributed by atoms with Gasteiger partial charge in [0.05, 0.1) is 24.8 Å². The van der Waals surface area contributed by atoms with Crippen molar-refractivity contribution in [1.29, 1.82) is 0 Å². The summed E-state index contributed by atoms with van der Waals surface area (Å²) in [4.78, 5) is 17.7. The minimum atomic E-state index is -0.914. The Morgan fingerprint density at radius 2 is 2.39 bits per heavy atom. The van der Waals surface area contributed by atoms with Crippen molar-refractivity contribution in [2.24, 2.45) is 0 Å². The largest absolute Gasteiger partial charge is 0.478 e. The normalized spacial score (nSPS) is 19.9.